The van der Waals surface area contributed by atoms with Gasteiger partial charge >= 0.3 is 0 Å². The topological polar surface area (TPSA) is 237 Å². The summed E-state index contributed by atoms with van der Waals surface area (Å²) in [7, 11) is 0. The van der Waals surface area contributed by atoms with Crippen LogP contribution >= 0.6 is 0 Å². The molecule has 0 saturated carbocycles. The van der Waals surface area contributed by atoms with Crippen LogP contribution < -0.4 is 19.6 Å². The van der Waals surface area contributed by atoms with Crippen molar-refractivity contribution >= 4 is 50.9 Å². The first-order valence-electron chi connectivity index (χ1n) is 27.5. The van der Waals surface area contributed by atoms with E-state index in [0.29, 0.717) is 96.5 Å². The largest absolute Gasteiger partial charge is 0.505 e. The maximum Gasteiger partial charge on any atom is 0.237 e. The first-order chi connectivity index (χ1) is 39.0. The highest BCUT2D eigenvalue weighted by Gasteiger charge is 2.36. The third-order valence-electron chi connectivity index (χ3n) is 16.3. The molecule has 10 aromatic rings. The summed E-state index contributed by atoms with van der Waals surface area (Å²) < 4.78 is 29.1. The van der Waals surface area contributed by atoms with E-state index < -0.39 is 17.4 Å². The molecular weight excluding hydrogens is 1020 g/mol. The third kappa shape index (κ3) is 8.49. The highest BCUT2D eigenvalue weighted by molar-refractivity contribution is 6.12. The number of nitrogens with zero attached hydrogens (tertiary/aromatic N) is 12. The summed E-state index contributed by atoms with van der Waals surface area (Å²) in [6, 6.07) is 17.3. The number of nitrogens with one attached hydrogen (secondary N) is 4. The van der Waals surface area contributed by atoms with Crippen molar-refractivity contribution in [3.05, 3.63) is 130 Å². The molecule has 4 aliphatic heterocycles. The summed E-state index contributed by atoms with van der Waals surface area (Å²) in [6.07, 6.45) is 11.1. The fourth-order valence-electron chi connectivity index (χ4n) is 12.0. The molecule has 19 nitrogen and oxygen atoms in total. The fraction of sp³-hybridized carbons (Fsp3) is 0.305. The summed E-state index contributed by atoms with van der Waals surface area (Å²) in [5, 5.41) is 37.4. The van der Waals surface area contributed by atoms with E-state index in [1.807, 2.05) is 60.0 Å². The van der Waals surface area contributed by atoms with Gasteiger partial charge in [-0.15, -0.1) is 0 Å². The fourth-order valence-corrected chi connectivity index (χ4v) is 12.0. The van der Waals surface area contributed by atoms with Gasteiger partial charge in [0.1, 0.15) is 23.0 Å². The van der Waals surface area contributed by atoms with Crippen molar-refractivity contribution < 1.29 is 23.8 Å². The van der Waals surface area contributed by atoms with E-state index in [4.69, 9.17) is 29.9 Å². The Morgan fingerprint density at radius 2 is 0.988 bits per heavy atom. The Balaban J connectivity index is 0.763. The van der Waals surface area contributed by atoms with Gasteiger partial charge in [-0.3, -0.25) is 15.0 Å². The molecule has 404 valence electrons. The average Bonchev–Trinajstić information content (AvgIpc) is 4.38. The molecule has 0 bridgehead atoms. The predicted molar refractivity (Wildman–Crippen MR) is 300 cm³/mol. The molecule has 0 atom stereocenters. The molecule has 10 heterocycles. The highest BCUT2D eigenvalue weighted by atomic mass is 19.1. The van der Waals surface area contributed by atoms with Gasteiger partial charge in [0.2, 0.25) is 5.78 Å². The standard InChI is InChI=1S/C59H56F2N16O3/c1-3-31-21-47(78)39(60)23-37(31)33-11-13-35-41(19-33)70-72-51(35)56-64-43-27-76(28-44(43)65-56)58-53(62-25-49(68-58)74-15-7-5-8-16-74)55(80)54-59(69-50(26-63-54)75-17-9-6-10-18-75)77-29-45-46(30-77)67-57(66-45)52-36-14-12-34(20-42(36)71-73-52)38-24-40(61)48(79)22-32(38)4-2/h11-14,19-26,78-79H,3-10,15-18,27-30H2,1-2H3,(H,64,65)(H,66,67)(H,70,72)(H,71,73). The van der Waals surface area contributed by atoms with Crippen molar-refractivity contribution in [3.63, 3.8) is 0 Å². The number of phenolic OH excluding ortho intramolecular Hbond substituents is 2. The average molecular weight is 1080 g/mol. The van der Waals surface area contributed by atoms with Gasteiger partial charge in [0, 0.05) is 37.0 Å². The number of carbonyl (C=O) groups excluding carboxylic acids is 1. The van der Waals surface area contributed by atoms with Crippen LogP contribution in [0.5, 0.6) is 11.5 Å². The Hall–Kier alpha value is -9.27. The molecule has 4 aromatic carbocycles. The van der Waals surface area contributed by atoms with Gasteiger partial charge in [-0.1, -0.05) is 26.0 Å². The van der Waals surface area contributed by atoms with Crippen LogP contribution in [-0.2, 0) is 39.0 Å². The Morgan fingerprint density at radius 3 is 1.40 bits per heavy atom. The van der Waals surface area contributed by atoms with Crippen LogP contribution in [0.3, 0.4) is 0 Å². The minimum absolute atomic E-state index is 0.166. The monoisotopic (exact) mass is 1070 g/mol. The van der Waals surface area contributed by atoms with Gasteiger partial charge in [-0.25, -0.2) is 38.7 Å². The summed E-state index contributed by atoms with van der Waals surface area (Å²) in [6.45, 7) is 8.78. The number of ketones is 1. The lowest BCUT2D eigenvalue weighted by molar-refractivity contribution is 0.103. The SMILES string of the molecule is CCc1cc(O)c(F)cc1-c1ccc2c(-c3nc4c([nH]3)CN(c3nc(N5CCCCC5)cnc3C(=O)c3ncc(N5CCCCC5)nc3N3Cc5nc(-c6n[nH]c7cc(-c8cc(F)c(O)cc8CC)ccc67)[nH]c5C3)C4)n[nH]c2c1. The number of aromatic nitrogens is 12. The highest BCUT2D eigenvalue weighted by Crippen LogP contribution is 2.40. The van der Waals surface area contributed by atoms with Crippen LogP contribution in [0.1, 0.15) is 102 Å². The molecule has 0 radical (unpaired) electrons. The first-order valence-corrected chi connectivity index (χ1v) is 27.5. The molecule has 80 heavy (non-hydrogen) atoms. The zero-order chi connectivity index (χ0) is 54.3. The number of aromatic amines is 4. The molecule has 2 saturated heterocycles. The van der Waals surface area contributed by atoms with Crippen molar-refractivity contribution in [1.82, 2.24) is 60.3 Å². The number of aryl methyl sites for hydroxylation is 2. The quantitative estimate of drug-likeness (QED) is 0.0624. The van der Waals surface area contributed by atoms with Crippen molar-refractivity contribution in [1.29, 1.82) is 0 Å². The number of hydrogen-bond donors (Lipinski definition) is 6. The minimum Gasteiger partial charge on any atom is -0.505 e. The summed E-state index contributed by atoms with van der Waals surface area (Å²) in [5.74, 6) is 0.993. The van der Waals surface area contributed by atoms with Crippen LogP contribution in [-0.4, -0.2) is 102 Å². The molecule has 0 aliphatic carbocycles. The smallest absolute Gasteiger partial charge is 0.237 e. The number of H-pyrrole nitrogens is 4. The Kier molecular flexibility index (Phi) is 12.0. The zero-order valence-corrected chi connectivity index (χ0v) is 44.2. The number of aromatic hydroxyl groups is 2. The van der Waals surface area contributed by atoms with Gasteiger partial charge in [0.25, 0.3) is 0 Å². The minimum atomic E-state index is -0.674. The number of imidazole rings is 2. The van der Waals surface area contributed by atoms with Gasteiger partial charge in [-0.05, 0) is 133 Å². The summed E-state index contributed by atoms with van der Waals surface area (Å²) in [4.78, 5) is 61.5. The summed E-state index contributed by atoms with van der Waals surface area (Å²) >= 11 is 0. The second kappa shape index (κ2) is 19.6. The van der Waals surface area contributed by atoms with Crippen molar-refractivity contribution in [2.75, 3.05) is 45.8 Å². The zero-order valence-electron chi connectivity index (χ0n) is 44.2. The normalized spacial score (nSPS) is 15.4. The number of piperidine rings is 2. The first kappa shape index (κ1) is 49.1. The summed E-state index contributed by atoms with van der Waals surface area (Å²) in [5.41, 5.74) is 11.1. The molecule has 21 heteroatoms. The van der Waals surface area contributed by atoms with E-state index in [2.05, 4.69) is 40.2 Å². The number of halogens is 2. The Labute approximate surface area is 457 Å². The number of fused-ring (bicyclic) bond motifs is 4. The Morgan fingerprint density at radius 1 is 0.550 bits per heavy atom. The maximum atomic E-state index is 15.4. The lowest BCUT2D eigenvalue weighted by Gasteiger charge is -2.30. The van der Waals surface area contributed by atoms with Crippen molar-refractivity contribution in [2.45, 2.75) is 91.4 Å². The van der Waals surface area contributed by atoms with E-state index in [1.165, 1.54) is 24.3 Å². The number of hydrogen-bond acceptors (Lipinski definition) is 15. The molecule has 2 fully saturated rings. The van der Waals surface area contributed by atoms with Crippen LogP contribution in [0.25, 0.3) is 67.1 Å². The number of anilines is 4. The van der Waals surface area contributed by atoms with Crippen LogP contribution in [0, 0.1) is 11.6 Å². The maximum absolute atomic E-state index is 15.4. The van der Waals surface area contributed by atoms with Crippen molar-refractivity contribution in [2.24, 2.45) is 0 Å². The predicted octanol–water partition coefficient (Wildman–Crippen LogP) is 10.2. The van der Waals surface area contributed by atoms with E-state index in [-0.39, 0.29) is 22.9 Å². The second-order valence-corrected chi connectivity index (χ2v) is 21.3. The molecule has 0 amide bonds. The second-order valence-electron chi connectivity index (χ2n) is 21.3. The van der Waals surface area contributed by atoms with E-state index in [9.17, 15) is 19.0 Å². The number of phenols is 2. The van der Waals surface area contributed by atoms with Gasteiger partial charge in [0.15, 0.2) is 57.8 Å². The van der Waals surface area contributed by atoms with Crippen LogP contribution in [0.4, 0.5) is 32.1 Å². The molecule has 6 aromatic heterocycles. The lowest BCUT2D eigenvalue weighted by Crippen LogP contribution is -2.32. The molecule has 14 rings (SSSR count). The van der Waals surface area contributed by atoms with Gasteiger partial charge in [-0.2, -0.15) is 10.2 Å². The van der Waals surface area contributed by atoms with Crippen molar-refractivity contribution in [3.8, 4) is 56.8 Å². The number of carbonyl (C=O) groups is 1. The van der Waals surface area contributed by atoms with Crippen LogP contribution in [0.2, 0.25) is 0 Å². The molecule has 6 N–H and O–H groups in total. The van der Waals surface area contributed by atoms with Crippen LogP contribution in [0.15, 0.2) is 73.1 Å². The number of rotatable bonds is 12. The van der Waals surface area contributed by atoms with E-state index in [1.54, 1.807) is 12.4 Å². The molecule has 4 aliphatic rings. The molecule has 0 spiro atoms. The third-order valence-corrected chi connectivity index (χ3v) is 16.3. The van der Waals surface area contributed by atoms with E-state index in [0.717, 1.165) is 132 Å². The molecule has 0 unspecified atom stereocenters. The number of benzene rings is 4. The van der Waals surface area contributed by atoms with E-state index >= 15 is 4.79 Å². The van der Waals surface area contributed by atoms with Gasteiger partial charge in [0.05, 0.1) is 72.4 Å². The molecular formula is C59H56F2N16O3. The van der Waals surface area contributed by atoms with Gasteiger partial charge < -0.3 is 39.8 Å². The Bertz CT molecular complexity index is 3790. The lowest BCUT2D eigenvalue weighted by atomic mass is 9.96.